The van der Waals surface area contributed by atoms with E-state index < -0.39 is 23.9 Å². The van der Waals surface area contributed by atoms with Gasteiger partial charge in [0.2, 0.25) is 0 Å². The first-order chi connectivity index (χ1) is 11.3. The van der Waals surface area contributed by atoms with Crippen LogP contribution in [0.4, 0.5) is 9.18 Å². The maximum atomic E-state index is 14.6. The summed E-state index contributed by atoms with van der Waals surface area (Å²) in [6.07, 6.45) is 2.69. The normalized spacial score (nSPS) is 24.6. The third-order valence-electron chi connectivity index (χ3n) is 5.06. The van der Waals surface area contributed by atoms with Gasteiger partial charge in [-0.05, 0) is 67.2 Å². The van der Waals surface area contributed by atoms with Gasteiger partial charge in [0.15, 0.2) is 0 Å². The summed E-state index contributed by atoms with van der Waals surface area (Å²) in [5, 5.41) is 0. The highest BCUT2D eigenvalue weighted by molar-refractivity contribution is 6.53. The molecule has 142 valence electrons. The van der Waals surface area contributed by atoms with Crippen molar-refractivity contribution in [3.63, 3.8) is 0 Å². The Morgan fingerprint density at radius 3 is 2.08 bits per heavy atom. The molecule has 0 aliphatic carbocycles. The molecule has 0 spiro atoms. The van der Waals surface area contributed by atoms with E-state index in [1.165, 1.54) is 0 Å². The van der Waals surface area contributed by atoms with E-state index in [1.54, 1.807) is 11.0 Å². The molecule has 2 heterocycles. The molecule has 2 rings (SSSR count). The SMILES string of the molecule is CC(C)(C)OC(=O)N1CCC(/C=C(\F)B2OC(C)(C)C(C)(C)O2)CC1. The van der Waals surface area contributed by atoms with Gasteiger partial charge in [0, 0.05) is 13.1 Å². The molecule has 2 fully saturated rings. The lowest BCUT2D eigenvalue weighted by Gasteiger charge is -2.32. The van der Waals surface area contributed by atoms with E-state index in [0.717, 1.165) is 0 Å². The second-order valence-corrected chi connectivity index (χ2v) is 8.94. The number of halogens is 1. The maximum absolute atomic E-state index is 14.6. The Bertz CT molecular complexity index is 518. The van der Waals surface area contributed by atoms with Crippen molar-refractivity contribution in [2.75, 3.05) is 13.1 Å². The van der Waals surface area contributed by atoms with Crippen molar-refractivity contribution >= 4 is 13.2 Å². The fraction of sp³-hybridized carbons (Fsp3) is 0.833. The van der Waals surface area contributed by atoms with Crippen molar-refractivity contribution in [1.82, 2.24) is 4.90 Å². The molecule has 0 atom stereocenters. The molecule has 0 aromatic carbocycles. The fourth-order valence-corrected chi connectivity index (χ4v) is 2.83. The summed E-state index contributed by atoms with van der Waals surface area (Å²) in [6, 6.07) is 0. The fourth-order valence-electron chi connectivity index (χ4n) is 2.83. The predicted octanol–water partition coefficient (Wildman–Crippen LogP) is 4.12. The smallest absolute Gasteiger partial charge is 0.444 e. The number of likely N-dealkylation sites (tertiary alicyclic amines) is 1. The lowest BCUT2D eigenvalue weighted by molar-refractivity contribution is 0.00578. The summed E-state index contributed by atoms with van der Waals surface area (Å²) in [7, 11) is -0.950. The molecule has 25 heavy (non-hydrogen) atoms. The van der Waals surface area contributed by atoms with Gasteiger partial charge in [0.25, 0.3) is 0 Å². The van der Waals surface area contributed by atoms with Crippen molar-refractivity contribution in [3.8, 4) is 0 Å². The molecule has 0 N–H and O–H groups in total. The van der Waals surface area contributed by atoms with Crippen LogP contribution in [-0.2, 0) is 14.0 Å². The van der Waals surface area contributed by atoms with Crippen LogP contribution >= 0.6 is 0 Å². The summed E-state index contributed by atoms with van der Waals surface area (Å²) in [6.45, 7) is 14.3. The number of hydrogen-bond acceptors (Lipinski definition) is 4. The number of carbonyl (C=O) groups excluding carboxylic acids is 1. The minimum absolute atomic E-state index is 0.0673. The van der Waals surface area contributed by atoms with E-state index in [4.69, 9.17) is 14.0 Å². The van der Waals surface area contributed by atoms with Crippen LogP contribution in [0.3, 0.4) is 0 Å². The van der Waals surface area contributed by atoms with E-state index in [2.05, 4.69) is 0 Å². The molecule has 0 radical (unpaired) electrons. The zero-order valence-corrected chi connectivity index (χ0v) is 16.5. The molecular formula is C18H31BFNO4. The van der Waals surface area contributed by atoms with Gasteiger partial charge in [-0.2, -0.15) is 0 Å². The molecule has 2 aliphatic heterocycles. The molecule has 0 unspecified atom stereocenters. The van der Waals surface area contributed by atoms with Crippen molar-refractivity contribution in [1.29, 1.82) is 0 Å². The van der Waals surface area contributed by atoms with E-state index in [-0.39, 0.29) is 17.7 Å². The van der Waals surface area contributed by atoms with Crippen molar-refractivity contribution < 1.29 is 23.2 Å². The standard InChI is InChI=1S/C18H31BFNO4/c1-16(2,3)23-15(22)21-10-8-13(9-11-21)12-14(20)19-24-17(4,5)18(6,7)25-19/h12-13H,8-11H2,1-7H3/b14-12-. The molecule has 0 saturated carbocycles. The van der Waals surface area contributed by atoms with Crippen LogP contribution in [-0.4, -0.2) is 48.0 Å². The zero-order valence-electron chi connectivity index (χ0n) is 16.5. The highest BCUT2D eigenvalue weighted by Gasteiger charge is 2.53. The highest BCUT2D eigenvalue weighted by Crippen LogP contribution is 2.39. The zero-order chi connectivity index (χ0) is 19.0. The number of nitrogens with zero attached hydrogens (tertiary/aromatic N) is 1. The minimum Gasteiger partial charge on any atom is -0.444 e. The molecule has 0 bridgehead atoms. The maximum Gasteiger partial charge on any atom is 0.524 e. The van der Waals surface area contributed by atoms with Crippen LogP contribution in [0.1, 0.15) is 61.3 Å². The molecular weight excluding hydrogens is 324 g/mol. The summed E-state index contributed by atoms with van der Waals surface area (Å²) in [5.41, 5.74) is -1.99. The van der Waals surface area contributed by atoms with Crippen molar-refractivity contribution in [2.24, 2.45) is 5.92 Å². The van der Waals surface area contributed by atoms with Gasteiger partial charge >= 0.3 is 13.2 Å². The average Bonchev–Trinajstić information content (AvgIpc) is 2.66. The molecule has 0 aromatic heterocycles. The number of amides is 1. The van der Waals surface area contributed by atoms with Gasteiger partial charge in [-0.15, -0.1) is 0 Å². The highest BCUT2D eigenvalue weighted by atomic mass is 19.1. The number of allylic oxidation sites excluding steroid dienone is 1. The van der Waals surface area contributed by atoms with Gasteiger partial charge < -0.3 is 18.9 Å². The van der Waals surface area contributed by atoms with Gasteiger partial charge in [-0.1, -0.05) is 6.08 Å². The average molecular weight is 355 g/mol. The molecule has 2 saturated heterocycles. The summed E-state index contributed by atoms with van der Waals surface area (Å²) in [5.74, 6) is 0.0673. The Labute approximate surface area is 151 Å². The first kappa shape index (κ1) is 20.2. The quantitative estimate of drug-likeness (QED) is 0.699. The number of hydrogen-bond donors (Lipinski definition) is 0. The second-order valence-electron chi connectivity index (χ2n) is 8.94. The predicted molar refractivity (Wildman–Crippen MR) is 95.8 cm³/mol. The molecule has 2 aliphatic rings. The van der Waals surface area contributed by atoms with Gasteiger partial charge in [-0.25, -0.2) is 9.18 Å². The van der Waals surface area contributed by atoms with Gasteiger partial charge in [0.05, 0.1) is 11.2 Å². The number of ether oxygens (including phenoxy) is 1. The lowest BCUT2D eigenvalue weighted by Crippen LogP contribution is -2.41. The Morgan fingerprint density at radius 2 is 1.64 bits per heavy atom. The molecule has 0 aromatic rings. The number of carbonyl (C=O) groups is 1. The third kappa shape index (κ3) is 4.97. The van der Waals surface area contributed by atoms with Crippen molar-refractivity contribution in [3.05, 3.63) is 11.8 Å². The summed E-state index contributed by atoms with van der Waals surface area (Å²) < 4.78 is 31.4. The third-order valence-corrected chi connectivity index (χ3v) is 5.06. The van der Waals surface area contributed by atoms with E-state index >= 15 is 0 Å². The van der Waals surface area contributed by atoms with Crippen LogP contribution in [0.5, 0.6) is 0 Å². The lowest BCUT2D eigenvalue weighted by atomic mass is 9.84. The van der Waals surface area contributed by atoms with Gasteiger partial charge in [0.1, 0.15) is 11.3 Å². The van der Waals surface area contributed by atoms with E-state index in [1.807, 2.05) is 48.5 Å². The Hall–Kier alpha value is -1.08. The van der Waals surface area contributed by atoms with E-state index in [9.17, 15) is 9.18 Å². The number of piperidine rings is 1. The van der Waals surface area contributed by atoms with Crippen LogP contribution in [0.2, 0.25) is 0 Å². The summed E-state index contributed by atoms with van der Waals surface area (Å²) >= 11 is 0. The largest absolute Gasteiger partial charge is 0.524 e. The first-order valence-electron chi connectivity index (χ1n) is 9.01. The van der Waals surface area contributed by atoms with Crippen molar-refractivity contribution in [2.45, 2.75) is 78.1 Å². The van der Waals surface area contributed by atoms with Crippen LogP contribution in [0.15, 0.2) is 11.8 Å². The second kappa shape index (κ2) is 6.91. The van der Waals surface area contributed by atoms with Gasteiger partial charge in [-0.3, -0.25) is 0 Å². The summed E-state index contributed by atoms with van der Waals surface area (Å²) in [4.78, 5) is 13.8. The Balaban J connectivity index is 1.89. The van der Waals surface area contributed by atoms with E-state index in [0.29, 0.717) is 25.9 Å². The monoisotopic (exact) mass is 355 g/mol. The molecule has 5 nitrogen and oxygen atoms in total. The first-order valence-corrected chi connectivity index (χ1v) is 9.01. The number of rotatable bonds is 2. The topological polar surface area (TPSA) is 48.0 Å². The molecule has 1 amide bonds. The minimum atomic E-state index is -0.950. The Kier molecular flexibility index (Phi) is 5.60. The van der Waals surface area contributed by atoms with Crippen LogP contribution < -0.4 is 0 Å². The van der Waals surface area contributed by atoms with Crippen LogP contribution in [0, 0.1) is 5.92 Å². The van der Waals surface area contributed by atoms with Crippen LogP contribution in [0.25, 0.3) is 0 Å². The Morgan fingerprint density at radius 1 is 1.16 bits per heavy atom. The molecule has 7 heteroatoms.